The molecule has 3 rings (SSSR count). The number of halogens is 1. The minimum Gasteiger partial charge on any atom is -0.508 e. The van der Waals surface area contributed by atoms with Crippen LogP contribution in [0.5, 0.6) is 11.5 Å². The lowest BCUT2D eigenvalue weighted by Crippen LogP contribution is -2.27. The summed E-state index contributed by atoms with van der Waals surface area (Å²) in [5, 5.41) is 24.0. The summed E-state index contributed by atoms with van der Waals surface area (Å²) in [6.07, 6.45) is 1.73. The molecule has 152 valence electrons. The van der Waals surface area contributed by atoms with Crippen LogP contribution in [0.1, 0.15) is 25.1 Å². The summed E-state index contributed by atoms with van der Waals surface area (Å²) in [6.45, 7) is 7.61. The van der Waals surface area contributed by atoms with Gasteiger partial charge in [0.1, 0.15) is 29.9 Å². The molecule has 0 atom stereocenters. The first-order valence-corrected chi connectivity index (χ1v) is 9.31. The molecule has 3 aromatic rings. The monoisotopic (exact) mass is 413 g/mol. The van der Waals surface area contributed by atoms with Crippen molar-refractivity contribution in [2.75, 3.05) is 26.2 Å². The molecule has 0 spiro atoms. The van der Waals surface area contributed by atoms with Gasteiger partial charge < -0.3 is 19.3 Å². The van der Waals surface area contributed by atoms with Crippen LogP contribution in [0.25, 0.3) is 22.6 Å². The standard InChI is InChI=1S/C22H23N3O3.ClH/c1-3-25(4-2)11-12-27-20-8-6-5-7-16(20)13-17(15-23)22-19-14-18(26)9-10-21(19)28-24-22;/h5-10,13-14,26H,3-4,11-12H2,1-2H3;1H/b17-13+;. The predicted molar refractivity (Wildman–Crippen MR) is 116 cm³/mol. The molecule has 1 aromatic heterocycles. The van der Waals surface area contributed by atoms with Gasteiger partial charge in [-0.15, -0.1) is 12.4 Å². The van der Waals surface area contributed by atoms with Gasteiger partial charge in [0.25, 0.3) is 0 Å². The summed E-state index contributed by atoms with van der Waals surface area (Å²) >= 11 is 0. The molecule has 0 fully saturated rings. The summed E-state index contributed by atoms with van der Waals surface area (Å²) in [5.74, 6) is 0.799. The number of phenolic OH excluding ortho intramolecular Hbond substituents is 1. The molecule has 1 N–H and O–H groups in total. The van der Waals surface area contributed by atoms with Crippen molar-refractivity contribution in [3.05, 3.63) is 53.7 Å². The van der Waals surface area contributed by atoms with Crippen LogP contribution in [0.2, 0.25) is 0 Å². The Labute approximate surface area is 176 Å². The van der Waals surface area contributed by atoms with E-state index in [1.807, 2.05) is 24.3 Å². The van der Waals surface area contributed by atoms with Crippen molar-refractivity contribution in [3.8, 4) is 17.6 Å². The third kappa shape index (κ3) is 5.29. The highest BCUT2D eigenvalue weighted by atomic mass is 35.5. The lowest BCUT2D eigenvalue weighted by molar-refractivity contribution is 0.222. The Bertz CT molecular complexity index is 1020. The highest BCUT2D eigenvalue weighted by Gasteiger charge is 2.14. The third-order valence-electron chi connectivity index (χ3n) is 4.61. The topological polar surface area (TPSA) is 82.5 Å². The Morgan fingerprint density at radius 3 is 2.72 bits per heavy atom. The van der Waals surface area contributed by atoms with E-state index in [9.17, 15) is 10.4 Å². The number of aromatic hydroxyl groups is 1. The maximum atomic E-state index is 9.75. The summed E-state index contributed by atoms with van der Waals surface area (Å²) in [4.78, 5) is 2.28. The Hall–Kier alpha value is -3.01. The molecule has 0 radical (unpaired) electrons. The Morgan fingerprint density at radius 2 is 2.00 bits per heavy atom. The van der Waals surface area contributed by atoms with Crippen LogP contribution in [-0.2, 0) is 0 Å². The van der Waals surface area contributed by atoms with E-state index in [1.54, 1.807) is 18.2 Å². The van der Waals surface area contributed by atoms with E-state index in [-0.39, 0.29) is 18.2 Å². The highest BCUT2D eigenvalue weighted by Crippen LogP contribution is 2.30. The number of likely N-dealkylation sites (N-methyl/N-ethyl adjacent to an activating group) is 1. The van der Waals surface area contributed by atoms with Crippen molar-refractivity contribution in [2.24, 2.45) is 0 Å². The Balaban J connectivity index is 0.00000300. The largest absolute Gasteiger partial charge is 0.508 e. The molecule has 0 amide bonds. The quantitative estimate of drug-likeness (QED) is 0.537. The first-order chi connectivity index (χ1) is 13.7. The first-order valence-electron chi connectivity index (χ1n) is 9.31. The van der Waals surface area contributed by atoms with Crippen LogP contribution < -0.4 is 4.74 Å². The number of benzene rings is 2. The molecule has 7 heteroatoms. The van der Waals surface area contributed by atoms with Crippen LogP contribution in [0.4, 0.5) is 0 Å². The number of fused-ring (bicyclic) bond motifs is 1. The number of phenols is 1. The Morgan fingerprint density at radius 1 is 1.24 bits per heavy atom. The van der Waals surface area contributed by atoms with Gasteiger partial charge in [-0.2, -0.15) is 5.26 Å². The van der Waals surface area contributed by atoms with E-state index >= 15 is 0 Å². The molecule has 2 aromatic carbocycles. The van der Waals surface area contributed by atoms with Gasteiger partial charge in [-0.05, 0) is 43.4 Å². The number of rotatable bonds is 8. The summed E-state index contributed by atoms with van der Waals surface area (Å²) in [6, 6.07) is 14.4. The molecule has 6 nitrogen and oxygen atoms in total. The van der Waals surface area contributed by atoms with Gasteiger partial charge in [0.2, 0.25) is 0 Å². The molecule has 0 saturated heterocycles. The fourth-order valence-corrected chi connectivity index (χ4v) is 2.99. The fraction of sp³-hybridized carbons (Fsp3) is 0.273. The van der Waals surface area contributed by atoms with Gasteiger partial charge in [0, 0.05) is 12.1 Å². The molecule has 0 aliphatic heterocycles. The minimum absolute atomic E-state index is 0. The van der Waals surface area contributed by atoms with Crippen molar-refractivity contribution in [3.63, 3.8) is 0 Å². The predicted octanol–water partition coefficient (Wildman–Crippen LogP) is 4.74. The number of para-hydroxylation sites is 1. The molecule has 0 aliphatic rings. The van der Waals surface area contributed by atoms with Gasteiger partial charge in [-0.25, -0.2) is 0 Å². The lowest BCUT2D eigenvalue weighted by atomic mass is 10.1. The second-order valence-corrected chi connectivity index (χ2v) is 6.29. The van der Waals surface area contributed by atoms with Crippen molar-refractivity contribution in [2.45, 2.75) is 13.8 Å². The van der Waals surface area contributed by atoms with E-state index in [0.29, 0.717) is 34.6 Å². The molecule has 0 bridgehead atoms. The zero-order chi connectivity index (χ0) is 19.9. The molecule has 29 heavy (non-hydrogen) atoms. The van der Waals surface area contributed by atoms with Crippen LogP contribution in [0.3, 0.4) is 0 Å². The van der Waals surface area contributed by atoms with Crippen molar-refractivity contribution >= 4 is 35.0 Å². The summed E-state index contributed by atoms with van der Waals surface area (Å²) < 4.78 is 11.2. The van der Waals surface area contributed by atoms with Crippen LogP contribution in [0.15, 0.2) is 47.0 Å². The number of ether oxygens (including phenoxy) is 1. The zero-order valence-electron chi connectivity index (χ0n) is 16.5. The molecular formula is C22H24ClN3O3. The maximum Gasteiger partial charge on any atom is 0.167 e. The van der Waals surface area contributed by atoms with E-state index < -0.39 is 0 Å². The number of nitrogens with zero attached hydrogens (tertiary/aromatic N) is 3. The summed E-state index contributed by atoms with van der Waals surface area (Å²) in [5.41, 5.74) is 2.03. The van der Waals surface area contributed by atoms with E-state index in [4.69, 9.17) is 9.26 Å². The second kappa shape index (κ2) is 10.5. The number of hydrogen-bond donors (Lipinski definition) is 1. The first kappa shape index (κ1) is 22.3. The normalized spacial score (nSPS) is 11.3. The molecule has 0 saturated carbocycles. The van der Waals surface area contributed by atoms with Crippen LogP contribution >= 0.6 is 12.4 Å². The highest BCUT2D eigenvalue weighted by molar-refractivity contribution is 5.99. The number of aromatic nitrogens is 1. The van der Waals surface area contributed by atoms with Crippen LogP contribution in [-0.4, -0.2) is 41.4 Å². The van der Waals surface area contributed by atoms with E-state index in [1.165, 1.54) is 6.07 Å². The van der Waals surface area contributed by atoms with Gasteiger partial charge in [-0.3, -0.25) is 0 Å². The van der Waals surface area contributed by atoms with E-state index in [2.05, 4.69) is 30.0 Å². The maximum absolute atomic E-state index is 9.75. The van der Waals surface area contributed by atoms with Crippen molar-refractivity contribution in [1.29, 1.82) is 5.26 Å². The molecule has 0 unspecified atom stereocenters. The van der Waals surface area contributed by atoms with Crippen molar-refractivity contribution < 1.29 is 14.4 Å². The molecule has 1 heterocycles. The lowest BCUT2D eigenvalue weighted by Gasteiger charge is -2.18. The minimum atomic E-state index is 0. The van der Waals surface area contributed by atoms with Gasteiger partial charge >= 0.3 is 0 Å². The fourth-order valence-electron chi connectivity index (χ4n) is 2.99. The molecule has 0 aliphatic carbocycles. The Kier molecular flexibility index (Phi) is 8.08. The van der Waals surface area contributed by atoms with Gasteiger partial charge in [0.05, 0.1) is 11.0 Å². The van der Waals surface area contributed by atoms with Crippen molar-refractivity contribution in [1.82, 2.24) is 10.1 Å². The second-order valence-electron chi connectivity index (χ2n) is 6.29. The number of nitriles is 1. The third-order valence-corrected chi connectivity index (χ3v) is 4.61. The molecular weight excluding hydrogens is 390 g/mol. The van der Waals surface area contributed by atoms with Gasteiger partial charge in [-0.1, -0.05) is 37.2 Å². The average molecular weight is 414 g/mol. The SMILES string of the molecule is CCN(CC)CCOc1ccccc1/C=C(\C#N)c1noc2ccc(O)cc12.Cl. The average Bonchev–Trinajstić information content (AvgIpc) is 3.13. The van der Waals surface area contributed by atoms with Crippen LogP contribution in [0, 0.1) is 11.3 Å². The van der Waals surface area contributed by atoms with E-state index in [0.717, 1.165) is 25.2 Å². The summed E-state index contributed by atoms with van der Waals surface area (Å²) in [7, 11) is 0. The van der Waals surface area contributed by atoms with Gasteiger partial charge in [0.15, 0.2) is 5.58 Å². The number of hydrogen-bond acceptors (Lipinski definition) is 6. The number of allylic oxidation sites excluding steroid dienone is 1. The smallest absolute Gasteiger partial charge is 0.167 e. The zero-order valence-corrected chi connectivity index (χ0v) is 17.3.